The van der Waals surface area contributed by atoms with Crippen LogP contribution in [-0.4, -0.2) is 17.3 Å². The molecule has 0 aliphatic heterocycles. The zero-order valence-electron chi connectivity index (χ0n) is 8.93. The lowest BCUT2D eigenvalue weighted by atomic mass is 10.1. The molecule has 0 atom stereocenters. The Hall–Kier alpha value is -0.280. The minimum absolute atomic E-state index is 0.120. The molecule has 0 saturated carbocycles. The Morgan fingerprint density at radius 1 is 1.27 bits per heavy atom. The van der Waals surface area contributed by atoms with E-state index in [1.807, 2.05) is 37.4 Å². The summed E-state index contributed by atoms with van der Waals surface area (Å²) in [6.45, 7) is 4.73. The van der Waals surface area contributed by atoms with Crippen molar-refractivity contribution in [3.05, 3.63) is 33.8 Å². The summed E-state index contributed by atoms with van der Waals surface area (Å²) in [5, 5.41) is 12.5. The van der Waals surface area contributed by atoms with Crippen LogP contribution in [0.1, 0.15) is 19.4 Å². The SMILES string of the molecule is CC(C)(CO)[NH2+]Cc1c(Cl)cccc1Cl. The van der Waals surface area contributed by atoms with E-state index in [0.717, 1.165) is 5.56 Å². The molecule has 0 aromatic heterocycles. The number of aliphatic hydroxyl groups is 1. The fourth-order valence-electron chi connectivity index (χ4n) is 1.17. The molecule has 1 aromatic carbocycles. The number of hydrogen-bond donors (Lipinski definition) is 2. The minimum Gasteiger partial charge on any atom is -0.390 e. The second kappa shape index (κ2) is 5.17. The molecule has 1 rings (SSSR count). The van der Waals surface area contributed by atoms with Crippen molar-refractivity contribution in [1.29, 1.82) is 0 Å². The van der Waals surface area contributed by atoms with Gasteiger partial charge in [-0.2, -0.15) is 0 Å². The lowest BCUT2D eigenvalue weighted by molar-refractivity contribution is -0.736. The van der Waals surface area contributed by atoms with Gasteiger partial charge in [0.1, 0.15) is 12.1 Å². The molecule has 0 saturated heterocycles. The van der Waals surface area contributed by atoms with Gasteiger partial charge in [0, 0.05) is 5.56 Å². The second-order valence-electron chi connectivity index (χ2n) is 4.26. The first-order chi connectivity index (χ1) is 6.96. The van der Waals surface area contributed by atoms with Crippen molar-refractivity contribution < 1.29 is 10.4 Å². The zero-order valence-corrected chi connectivity index (χ0v) is 10.4. The largest absolute Gasteiger partial charge is 0.390 e. The van der Waals surface area contributed by atoms with Gasteiger partial charge in [-0.15, -0.1) is 0 Å². The smallest absolute Gasteiger partial charge is 0.114 e. The third-order valence-electron chi connectivity index (χ3n) is 2.33. The van der Waals surface area contributed by atoms with Gasteiger partial charge in [-0.25, -0.2) is 0 Å². The van der Waals surface area contributed by atoms with E-state index in [1.54, 1.807) is 0 Å². The highest BCUT2D eigenvalue weighted by atomic mass is 35.5. The second-order valence-corrected chi connectivity index (χ2v) is 5.07. The number of benzene rings is 1. The van der Waals surface area contributed by atoms with Crippen LogP contribution in [0.2, 0.25) is 10.0 Å². The van der Waals surface area contributed by atoms with E-state index in [-0.39, 0.29) is 12.1 Å². The molecule has 1 aromatic rings. The van der Waals surface area contributed by atoms with Crippen LogP contribution < -0.4 is 5.32 Å². The quantitative estimate of drug-likeness (QED) is 0.839. The molecular formula is C11H16Cl2NO+. The lowest BCUT2D eigenvalue weighted by Crippen LogP contribution is -2.95. The Kier molecular flexibility index (Phi) is 4.41. The topological polar surface area (TPSA) is 36.8 Å². The first kappa shape index (κ1) is 12.8. The van der Waals surface area contributed by atoms with Crippen molar-refractivity contribution in [1.82, 2.24) is 0 Å². The predicted molar refractivity (Wildman–Crippen MR) is 63.3 cm³/mol. The van der Waals surface area contributed by atoms with Gasteiger partial charge < -0.3 is 10.4 Å². The summed E-state index contributed by atoms with van der Waals surface area (Å²) in [5.41, 5.74) is 0.713. The van der Waals surface area contributed by atoms with Crippen LogP contribution in [0.5, 0.6) is 0 Å². The number of quaternary nitrogens is 1. The number of halogens is 2. The summed E-state index contributed by atoms with van der Waals surface area (Å²) >= 11 is 12.1. The van der Waals surface area contributed by atoms with E-state index in [0.29, 0.717) is 16.6 Å². The Bertz CT molecular complexity index is 319. The highest BCUT2D eigenvalue weighted by Gasteiger charge is 2.20. The van der Waals surface area contributed by atoms with E-state index in [9.17, 15) is 0 Å². The predicted octanol–water partition coefficient (Wildman–Crippen LogP) is 1.83. The summed E-state index contributed by atoms with van der Waals surface area (Å²) in [6, 6.07) is 5.47. The van der Waals surface area contributed by atoms with Crippen molar-refractivity contribution in [2.75, 3.05) is 6.61 Å². The van der Waals surface area contributed by atoms with Crippen LogP contribution in [0.4, 0.5) is 0 Å². The van der Waals surface area contributed by atoms with Crippen LogP contribution >= 0.6 is 23.2 Å². The Balaban J connectivity index is 2.73. The highest BCUT2D eigenvalue weighted by molar-refractivity contribution is 6.35. The van der Waals surface area contributed by atoms with E-state index >= 15 is 0 Å². The third-order valence-corrected chi connectivity index (χ3v) is 3.04. The van der Waals surface area contributed by atoms with Crippen LogP contribution in [0.3, 0.4) is 0 Å². The van der Waals surface area contributed by atoms with Gasteiger partial charge in [0.2, 0.25) is 0 Å². The number of nitrogens with two attached hydrogens (primary N) is 1. The molecule has 3 N–H and O–H groups in total. The first-order valence-electron chi connectivity index (χ1n) is 4.84. The molecule has 0 unspecified atom stereocenters. The van der Waals surface area contributed by atoms with Gasteiger partial charge in [0.05, 0.1) is 16.7 Å². The molecule has 4 heteroatoms. The maximum absolute atomic E-state index is 9.11. The molecule has 2 nitrogen and oxygen atoms in total. The maximum atomic E-state index is 9.11. The standard InChI is InChI=1S/C11H15Cl2NO/c1-11(2,7-15)14-6-8-9(12)4-3-5-10(8)13/h3-5,14-15H,6-7H2,1-2H3/p+1. The summed E-state index contributed by atoms with van der Waals surface area (Å²) in [6.07, 6.45) is 0. The minimum atomic E-state index is -0.206. The fraction of sp³-hybridized carbons (Fsp3) is 0.455. The Morgan fingerprint density at radius 2 is 1.80 bits per heavy atom. The van der Waals surface area contributed by atoms with E-state index < -0.39 is 0 Å². The van der Waals surface area contributed by atoms with Crippen LogP contribution in [0, 0.1) is 0 Å². The van der Waals surface area contributed by atoms with E-state index in [4.69, 9.17) is 28.3 Å². The molecule has 15 heavy (non-hydrogen) atoms. The molecule has 0 amide bonds. The number of hydrogen-bond acceptors (Lipinski definition) is 1. The first-order valence-corrected chi connectivity index (χ1v) is 5.60. The summed E-state index contributed by atoms with van der Waals surface area (Å²) in [7, 11) is 0. The Labute approximate surface area is 100 Å². The number of rotatable bonds is 4. The van der Waals surface area contributed by atoms with Crippen molar-refractivity contribution >= 4 is 23.2 Å². The average molecular weight is 249 g/mol. The molecule has 0 bridgehead atoms. The van der Waals surface area contributed by atoms with Crippen LogP contribution in [0.15, 0.2) is 18.2 Å². The molecule has 84 valence electrons. The van der Waals surface area contributed by atoms with Crippen LogP contribution in [0.25, 0.3) is 0 Å². The number of aliphatic hydroxyl groups excluding tert-OH is 1. The fourth-order valence-corrected chi connectivity index (χ4v) is 1.72. The molecule has 0 radical (unpaired) electrons. The summed E-state index contributed by atoms with van der Waals surface area (Å²) in [5.74, 6) is 0. The summed E-state index contributed by atoms with van der Waals surface area (Å²) < 4.78 is 0. The maximum Gasteiger partial charge on any atom is 0.114 e. The lowest BCUT2D eigenvalue weighted by Gasteiger charge is -2.20. The molecular weight excluding hydrogens is 233 g/mol. The molecule has 0 aliphatic carbocycles. The van der Waals surface area contributed by atoms with Crippen LogP contribution in [-0.2, 0) is 6.54 Å². The Morgan fingerprint density at radius 3 is 2.27 bits per heavy atom. The highest BCUT2D eigenvalue weighted by Crippen LogP contribution is 2.23. The van der Waals surface area contributed by atoms with Crippen molar-refractivity contribution in [2.45, 2.75) is 25.9 Å². The molecule has 0 spiro atoms. The van der Waals surface area contributed by atoms with E-state index in [1.165, 1.54) is 0 Å². The van der Waals surface area contributed by atoms with Crippen molar-refractivity contribution in [3.8, 4) is 0 Å². The summed E-state index contributed by atoms with van der Waals surface area (Å²) in [4.78, 5) is 0. The normalized spacial score (nSPS) is 11.8. The van der Waals surface area contributed by atoms with Gasteiger partial charge in [0.25, 0.3) is 0 Å². The van der Waals surface area contributed by atoms with Crippen molar-refractivity contribution in [2.24, 2.45) is 0 Å². The van der Waals surface area contributed by atoms with Crippen molar-refractivity contribution in [3.63, 3.8) is 0 Å². The average Bonchev–Trinajstić information content (AvgIpc) is 2.17. The van der Waals surface area contributed by atoms with Gasteiger partial charge in [-0.1, -0.05) is 29.3 Å². The third kappa shape index (κ3) is 3.65. The molecule has 0 aliphatic rings. The van der Waals surface area contributed by atoms with Gasteiger partial charge >= 0.3 is 0 Å². The molecule has 0 heterocycles. The van der Waals surface area contributed by atoms with Gasteiger partial charge in [-0.3, -0.25) is 0 Å². The monoisotopic (exact) mass is 248 g/mol. The van der Waals surface area contributed by atoms with Gasteiger partial charge in [-0.05, 0) is 26.0 Å². The van der Waals surface area contributed by atoms with Gasteiger partial charge in [0.15, 0.2) is 0 Å². The molecule has 0 fully saturated rings. The van der Waals surface area contributed by atoms with E-state index in [2.05, 4.69) is 0 Å². The zero-order chi connectivity index (χ0) is 11.5.